The minimum Gasteiger partial charge on any atom is -0.491 e. The fourth-order valence-electron chi connectivity index (χ4n) is 1.12. The molecule has 0 saturated heterocycles. The van der Waals surface area contributed by atoms with E-state index in [4.69, 9.17) is 4.74 Å². The summed E-state index contributed by atoms with van der Waals surface area (Å²) in [5.74, 6) is 0.284. The molecular weight excluding hydrogens is 186 g/mol. The Hall–Kier alpha value is -1.12. The quantitative estimate of drug-likeness (QED) is 0.723. The summed E-state index contributed by atoms with van der Waals surface area (Å²) in [6, 6.07) is 4.47. The molecular formula is C11H13F2O. The Labute approximate surface area is 82.7 Å². The van der Waals surface area contributed by atoms with Gasteiger partial charge < -0.3 is 4.74 Å². The molecule has 1 radical (unpaired) electrons. The second kappa shape index (κ2) is 4.94. The number of hydrogen-bond donors (Lipinski definition) is 0. The van der Waals surface area contributed by atoms with E-state index in [1.165, 1.54) is 12.1 Å². The lowest BCUT2D eigenvalue weighted by atomic mass is 10.0. The van der Waals surface area contributed by atoms with Gasteiger partial charge in [0.15, 0.2) is 11.6 Å². The number of halogens is 2. The van der Waals surface area contributed by atoms with E-state index >= 15 is 0 Å². The average molecular weight is 199 g/mol. The summed E-state index contributed by atoms with van der Waals surface area (Å²) in [7, 11) is 0. The number of hydrogen-bond acceptors (Lipinski definition) is 1. The standard InChI is InChI=1S/C11H13F2O/c1-3-14-11-5-4-9(6-10(11)13)8(2)7-12/h4-6H,3,7H2,1-2H3. The zero-order chi connectivity index (χ0) is 10.6. The van der Waals surface area contributed by atoms with Gasteiger partial charge >= 0.3 is 0 Å². The van der Waals surface area contributed by atoms with E-state index in [9.17, 15) is 8.78 Å². The van der Waals surface area contributed by atoms with Crippen molar-refractivity contribution in [3.05, 3.63) is 35.5 Å². The highest BCUT2D eigenvalue weighted by atomic mass is 19.1. The van der Waals surface area contributed by atoms with E-state index in [1.807, 2.05) is 0 Å². The van der Waals surface area contributed by atoms with Crippen LogP contribution >= 0.6 is 0 Å². The van der Waals surface area contributed by atoms with Crippen LogP contribution in [0.4, 0.5) is 8.78 Å². The molecule has 1 aromatic rings. The van der Waals surface area contributed by atoms with Gasteiger partial charge in [0.25, 0.3) is 0 Å². The molecule has 0 atom stereocenters. The van der Waals surface area contributed by atoms with Crippen LogP contribution in [0.25, 0.3) is 0 Å². The van der Waals surface area contributed by atoms with Gasteiger partial charge in [-0.1, -0.05) is 13.0 Å². The number of alkyl halides is 1. The molecule has 1 rings (SSSR count). The van der Waals surface area contributed by atoms with Crippen LogP contribution in [0.2, 0.25) is 0 Å². The molecule has 0 fully saturated rings. The molecule has 0 heterocycles. The Kier molecular flexibility index (Phi) is 3.86. The van der Waals surface area contributed by atoms with Crippen molar-refractivity contribution < 1.29 is 13.5 Å². The molecule has 0 aliphatic heterocycles. The predicted molar refractivity (Wildman–Crippen MR) is 51.6 cm³/mol. The van der Waals surface area contributed by atoms with Crippen molar-refractivity contribution in [2.75, 3.05) is 13.3 Å². The highest BCUT2D eigenvalue weighted by molar-refractivity contribution is 5.36. The number of ether oxygens (including phenoxy) is 1. The van der Waals surface area contributed by atoms with Crippen molar-refractivity contribution in [2.45, 2.75) is 13.8 Å². The molecule has 14 heavy (non-hydrogen) atoms. The maximum absolute atomic E-state index is 13.3. The number of benzene rings is 1. The third-order valence-corrected chi connectivity index (χ3v) is 1.92. The first-order chi connectivity index (χ1) is 6.69. The lowest BCUT2D eigenvalue weighted by molar-refractivity contribution is 0.321. The van der Waals surface area contributed by atoms with Crippen molar-refractivity contribution in [3.8, 4) is 5.75 Å². The Balaban J connectivity index is 2.88. The van der Waals surface area contributed by atoms with Crippen LogP contribution in [0.15, 0.2) is 18.2 Å². The largest absolute Gasteiger partial charge is 0.491 e. The molecule has 0 aromatic heterocycles. The fraction of sp³-hybridized carbons (Fsp3) is 0.364. The van der Waals surface area contributed by atoms with E-state index in [1.54, 1.807) is 19.9 Å². The second-order valence-corrected chi connectivity index (χ2v) is 2.99. The molecule has 1 nitrogen and oxygen atoms in total. The van der Waals surface area contributed by atoms with E-state index in [-0.39, 0.29) is 5.75 Å². The van der Waals surface area contributed by atoms with Crippen LogP contribution in [0.3, 0.4) is 0 Å². The molecule has 77 valence electrons. The molecule has 3 heteroatoms. The normalized spacial score (nSPS) is 10.6. The van der Waals surface area contributed by atoms with Crippen molar-refractivity contribution >= 4 is 0 Å². The molecule has 0 aliphatic carbocycles. The third kappa shape index (κ3) is 2.44. The van der Waals surface area contributed by atoms with Gasteiger partial charge in [0, 0.05) is 5.92 Å². The molecule has 0 amide bonds. The van der Waals surface area contributed by atoms with Crippen LogP contribution in [0.5, 0.6) is 5.75 Å². The summed E-state index contributed by atoms with van der Waals surface area (Å²) >= 11 is 0. The molecule has 0 spiro atoms. The van der Waals surface area contributed by atoms with Crippen molar-refractivity contribution in [1.82, 2.24) is 0 Å². The van der Waals surface area contributed by atoms with Crippen LogP contribution in [0.1, 0.15) is 19.4 Å². The highest BCUT2D eigenvalue weighted by Crippen LogP contribution is 2.22. The van der Waals surface area contributed by atoms with Gasteiger partial charge in [-0.3, -0.25) is 4.39 Å². The average Bonchev–Trinajstić information content (AvgIpc) is 2.20. The summed E-state index contributed by atoms with van der Waals surface area (Å²) in [4.78, 5) is 0. The van der Waals surface area contributed by atoms with Crippen molar-refractivity contribution in [3.63, 3.8) is 0 Å². The van der Waals surface area contributed by atoms with Gasteiger partial charge in [-0.25, -0.2) is 4.39 Å². The first kappa shape index (κ1) is 11.0. The molecule has 1 aromatic carbocycles. The third-order valence-electron chi connectivity index (χ3n) is 1.92. The SMILES string of the molecule is CCOc1ccc([C](C)CF)cc1F. The van der Waals surface area contributed by atoms with Crippen molar-refractivity contribution in [1.29, 1.82) is 0 Å². The predicted octanol–water partition coefficient (Wildman–Crippen LogP) is 3.14. The van der Waals surface area contributed by atoms with E-state index < -0.39 is 12.5 Å². The first-order valence-electron chi connectivity index (χ1n) is 4.50. The molecule has 0 bridgehead atoms. The van der Waals surface area contributed by atoms with Gasteiger partial charge in [-0.05, 0) is 24.6 Å². The molecule has 0 N–H and O–H groups in total. The summed E-state index contributed by atoms with van der Waals surface area (Å²) in [5, 5.41) is 0. The van der Waals surface area contributed by atoms with Crippen molar-refractivity contribution in [2.24, 2.45) is 0 Å². The summed E-state index contributed by atoms with van der Waals surface area (Å²) in [5.41, 5.74) is 0.577. The van der Waals surface area contributed by atoms with Gasteiger partial charge in [-0.15, -0.1) is 0 Å². The Morgan fingerprint density at radius 3 is 2.64 bits per heavy atom. The lowest BCUT2D eigenvalue weighted by Gasteiger charge is -2.09. The smallest absolute Gasteiger partial charge is 0.165 e. The van der Waals surface area contributed by atoms with Gasteiger partial charge in [0.1, 0.15) is 0 Å². The summed E-state index contributed by atoms with van der Waals surface area (Å²) in [6.45, 7) is 3.27. The summed E-state index contributed by atoms with van der Waals surface area (Å²) < 4.78 is 30.6. The number of rotatable bonds is 4. The van der Waals surface area contributed by atoms with E-state index in [0.29, 0.717) is 18.1 Å². The fourth-order valence-corrected chi connectivity index (χ4v) is 1.12. The molecule has 0 saturated carbocycles. The zero-order valence-corrected chi connectivity index (χ0v) is 8.31. The Morgan fingerprint density at radius 2 is 2.14 bits per heavy atom. The topological polar surface area (TPSA) is 9.23 Å². The van der Waals surface area contributed by atoms with Crippen LogP contribution < -0.4 is 4.74 Å². The Bertz CT molecular complexity index is 299. The van der Waals surface area contributed by atoms with Crippen LogP contribution in [-0.4, -0.2) is 13.3 Å². The van der Waals surface area contributed by atoms with E-state index in [2.05, 4.69) is 0 Å². The second-order valence-electron chi connectivity index (χ2n) is 2.99. The summed E-state index contributed by atoms with van der Waals surface area (Å²) in [6.07, 6.45) is 0. The van der Waals surface area contributed by atoms with Gasteiger partial charge in [-0.2, -0.15) is 0 Å². The van der Waals surface area contributed by atoms with Gasteiger partial charge in [0.05, 0.1) is 13.3 Å². The lowest BCUT2D eigenvalue weighted by Crippen LogP contribution is -2.00. The van der Waals surface area contributed by atoms with Crippen LogP contribution in [0, 0.1) is 11.7 Å². The minimum absolute atomic E-state index is 0.211. The highest BCUT2D eigenvalue weighted by Gasteiger charge is 2.09. The van der Waals surface area contributed by atoms with Gasteiger partial charge in [0.2, 0.25) is 0 Å². The van der Waals surface area contributed by atoms with Crippen LogP contribution in [-0.2, 0) is 0 Å². The minimum atomic E-state index is -0.562. The monoisotopic (exact) mass is 199 g/mol. The first-order valence-corrected chi connectivity index (χ1v) is 4.50. The maximum Gasteiger partial charge on any atom is 0.165 e. The molecule has 0 unspecified atom stereocenters. The molecule has 0 aliphatic rings. The Morgan fingerprint density at radius 1 is 1.43 bits per heavy atom. The zero-order valence-electron chi connectivity index (χ0n) is 8.31. The maximum atomic E-state index is 13.3. The van der Waals surface area contributed by atoms with E-state index in [0.717, 1.165) is 0 Å².